The fraction of sp³-hybridized carbons (Fsp3) is 0.286. The molecule has 0 fully saturated rings. The predicted octanol–water partition coefficient (Wildman–Crippen LogP) is 3.28. The number of sulfonamides is 1. The Kier molecular flexibility index (Phi) is 9.90. The van der Waals surface area contributed by atoms with Crippen molar-refractivity contribution in [2.45, 2.75) is 31.3 Å². The molecule has 41 heavy (non-hydrogen) atoms. The van der Waals surface area contributed by atoms with Gasteiger partial charge in [-0.05, 0) is 61.9 Å². The fourth-order valence-electron chi connectivity index (χ4n) is 4.07. The second kappa shape index (κ2) is 13.1. The molecular formula is C28H32N4O8S. The van der Waals surface area contributed by atoms with Gasteiger partial charge in [-0.1, -0.05) is 18.2 Å². The van der Waals surface area contributed by atoms with Gasteiger partial charge in [0.05, 0.1) is 29.7 Å². The van der Waals surface area contributed by atoms with Crippen LogP contribution in [0.5, 0.6) is 11.5 Å². The van der Waals surface area contributed by atoms with Gasteiger partial charge in [-0.25, -0.2) is 8.42 Å². The van der Waals surface area contributed by atoms with E-state index in [1.165, 1.54) is 76.4 Å². The summed E-state index contributed by atoms with van der Waals surface area (Å²) >= 11 is 0. The summed E-state index contributed by atoms with van der Waals surface area (Å²) in [5, 5.41) is 14.1. The van der Waals surface area contributed by atoms with Crippen molar-refractivity contribution in [2.24, 2.45) is 0 Å². The topological polar surface area (TPSA) is 148 Å². The molecule has 0 aromatic heterocycles. The molecule has 0 spiro atoms. The molecule has 0 radical (unpaired) electrons. The number of likely N-dealkylation sites (N-methyl/N-ethyl adjacent to an activating group) is 1. The number of carbonyl (C=O) groups is 2. The van der Waals surface area contributed by atoms with Gasteiger partial charge >= 0.3 is 0 Å². The van der Waals surface area contributed by atoms with Crippen LogP contribution >= 0.6 is 0 Å². The van der Waals surface area contributed by atoms with Gasteiger partial charge in [0.1, 0.15) is 24.1 Å². The molecule has 13 heteroatoms. The maximum Gasteiger partial charge on any atom is 0.273 e. The van der Waals surface area contributed by atoms with Gasteiger partial charge in [-0.3, -0.25) is 24.0 Å². The van der Waals surface area contributed by atoms with Crippen LogP contribution in [0.1, 0.15) is 18.1 Å². The van der Waals surface area contributed by atoms with Crippen LogP contribution in [-0.4, -0.2) is 63.9 Å². The smallest absolute Gasteiger partial charge is 0.273 e. The Morgan fingerprint density at radius 2 is 1.54 bits per heavy atom. The number of anilines is 1. The maximum absolute atomic E-state index is 13.9. The third-order valence-electron chi connectivity index (χ3n) is 6.53. The lowest BCUT2D eigenvalue weighted by Crippen LogP contribution is -2.50. The largest absolute Gasteiger partial charge is 0.497 e. The zero-order valence-corrected chi connectivity index (χ0v) is 24.2. The molecule has 218 valence electrons. The van der Waals surface area contributed by atoms with Crippen molar-refractivity contribution in [1.82, 2.24) is 10.2 Å². The molecule has 0 unspecified atom stereocenters. The Morgan fingerprint density at radius 3 is 2.05 bits per heavy atom. The lowest BCUT2D eigenvalue weighted by atomic mass is 10.1. The molecule has 3 aromatic carbocycles. The molecule has 3 rings (SSSR count). The number of hydrogen-bond acceptors (Lipinski definition) is 8. The molecule has 12 nitrogen and oxygen atoms in total. The Hall–Kier alpha value is -4.65. The second-order valence-electron chi connectivity index (χ2n) is 9.08. The van der Waals surface area contributed by atoms with E-state index in [0.717, 1.165) is 10.4 Å². The number of benzene rings is 3. The van der Waals surface area contributed by atoms with E-state index >= 15 is 0 Å². The van der Waals surface area contributed by atoms with Crippen molar-refractivity contribution < 1.29 is 32.4 Å². The van der Waals surface area contributed by atoms with E-state index in [1.807, 2.05) is 0 Å². The SMILES string of the molecule is CNC(=O)[C@@H](C)N(Cc1ccc(OC)cc1)C(=O)CN(c1ccc(OC)cc1)S(=O)(=O)c1ccc(C)c([N+](=O)[O-])c1. The molecule has 0 aliphatic rings. The number of amides is 2. The van der Waals surface area contributed by atoms with Gasteiger partial charge in [0.25, 0.3) is 15.7 Å². The van der Waals surface area contributed by atoms with Gasteiger partial charge in [0.15, 0.2) is 0 Å². The third kappa shape index (κ3) is 7.11. The molecule has 3 aromatic rings. The molecule has 0 aliphatic carbocycles. The van der Waals surface area contributed by atoms with Crippen molar-refractivity contribution in [1.29, 1.82) is 0 Å². The maximum atomic E-state index is 13.9. The zero-order chi connectivity index (χ0) is 30.3. The number of methoxy groups -OCH3 is 2. The second-order valence-corrected chi connectivity index (χ2v) is 10.9. The number of aryl methyl sites for hydroxylation is 1. The van der Waals surface area contributed by atoms with Crippen LogP contribution in [-0.2, 0) is 26.2 Å². The van der Waals surface area contributed by atoms with Crippen molar-refractivity contribution in [3.63, 3.8) is 0 Å². The van der Waals surface area contributed by atoms with Crippen LogP contribution in [0.3, 0.4) is 0 Å². The lowest BCUT2D eigenvalue weighted by molar-refractivity contribution is -0.385. The summed E-state index contributed by atoms with van der Waals surface area (Å²) in [4.78, 5) is 38.2. The molecule has 2 amide bonds. The lowest BCUT2D eigenvalue weighted by Gasteiger charge is -2.31. The summed E-state index contributed by atoms with van der Waals surface area (Å²) in [6.07, 6.45) is 0. The van der Waals surface area contributed by atoms with Crippen LogP contribution in [0.2, 0.25) is 0 Å². The van der Waals surface area contributed by atoms with Crippen LogP contribution in [0.25, 0.3) is 0 Å². The Bertz CT molecular complexity index is 1510. The molecule has 0 bridgehead atoms. The van der Waals surface area contributed by atoms with E-state index < -0.39 is 39.3 Å². The van der Waals surface area contributed by atoms with E-state index in [0.29, 0.717) is 17.1 Å². The van der Waals surface area contributed by atoms with E-state index in [4.69, 9.17) is 9.47 Å². The van der Waals surface area contributed by atoms with Crippen LogP contribution in [0.15, 0.2) is 71.6 Å². The number of rotatable bonds is 12. The number of carbonyl (C=O) groups excluding carboxylic acids is 2. The first-order valence-corrected chi connectivity index (χ1v) is 13.9. The minimum absolute atomic E-state index is 0.00389. The average Bonchev–Trinajstić information content (AvgIpc) is 2.98. The van der Waals surface area contributed by atoms with Crippen molar-refractivity contribution in [2.75, 3.05) is 32.1 Å². The highest BCUT2D eigenvalue weighted by molar-refractivity contribution is 7.92. The van der Waals surface area contributed by atoms with Crippen LogP contribution in [0.4, 0.5) is 11.4 Å². The number of nitrogens with zero attached hydrogens (tertiary/aromatic N) is 3. The molecule has 0 aliphatic heterocycles. The average molecular weight is 585 g/mol. The van der Waals surface area contributed by atoms with Gasteiger partial charge in [0.2, 0.25) is 11.8 Å². The van der Waals surface area contributed by atoms with Crippen molar-refractivity contribution in [3.05, 3.63) is 88.0 Å². The fourth-order valence-corrected chi connectivity index (χ4v) is 5.50. The molecule has 1 atom stereocenters. The normalized spacial score (nSPS) is 11.7. The third-order valence-corrected chi connectivity index (χ3v) is 8.30. The van der Waals surface area contributed by atoms with Gasteiger partial charge in [0, 0.05) is 25.2 Å². The number of hydrogen-bond donors (Lipinski definition) is 1. The standard InChI is InChI=1S/C28H32N4O8S/c1-19-6-15-25(16-26(19)32(35)36)41(37,38)31(22-9-13-24(40-5)14-10-22)18-27(33)30(20(2)28(34)29-3)17-21-7-11-23(39-4)12-8-21/h6-16,20H,17-18H2,1-5H3,(H,29,34)/t20-/m1/s1. The summed E-state index contributed by atoms with van der Waals surface area (Å²) in [6.45, 7) is 2.35. The van der Waals surface area contributed by atoms with Crippen LogP contribution < -0.4 is 19.1 Å². The number of nitrogens with one attached hydrogen (secondary N) is 1. The number of nitro groups is 1. The highest BCUT2D eigenvalue weighted by Crippen LogP contribution is 2.29. The van der Waals surface area contributed by atoms with Gasteiger partial charge in [-0.15, -0.1) is 0 Å². The minimum atomic E-state index is -4.48. The minimum Gasteiger partial charge on any atom is -0.497 e. The number of nitro benzene ring substituents is 1. The van der Waals surface area contributed by atoms with E-state index in [2.05, 4.69) is 5.32 Å². The van der Waals surface area contributed by atoms with Crippen molar-refractivity contribution in [3.8, 4) is 11.5 Å². The number of ether oxygens (including phenoxy) is 2. The summed E-state index contributed by atoms with van der Waals surface area (Å²) in [5.41, 5.74) is 0.717. The summed E-state index contributed by atoms with van der Waals surface area (Å²) in [6, 6.07) is 15.5. The molecule has 1 N–H and O–H groups in total. The van der Waals surface area contributed by atoms with E-state index in [-0.39, 0.29) is 28.4 Å². The first-order valence-electron chi connectivity index (χ1n) is 12.5. The Morgan fingerprint density at radius 1 is 0.976 bits per heavy atom. The molecule has 0 saturated heterocycles. The monoisotopic (exact) mass is 584 g/mol. The first-order chi connectivity index (χ1) is 19.4. The van der Waals surface area contributed by atoms with Crippen molar-refractivity contribution >= 4 is 33.2 Å². The van der Waals surface area contributed by atoms with E-state index in [1.54, 1.807) is 24.3 Å². The van der Waals surface area contributed by atoms with Crippen LogP contribution in [0, 0.1) is 17.0 Å². The summed E-state index contributed by atoms with van der Waals surface area (Å²) in [5.74, 6) is -0.0505. The molecule has 0 heterocycles. The Labute approximate surface area is 238 Å². The Balaban J connectivity index is 2.08. The molecular weight excluding hydrogens is 552 g/mol. The highest BCUT2D eigenvalue weighted by atomic mass is 32.2. The quantitative estimate of drug-likeness (QED) is 0.252. The first kappa shape index (κ1) is 30.9. The van der Waals surface area contributed by atoms with E-state index in [9.17, 15) is 28.1 Å². The molecule has 0 saturated carbocycles. The summed E-state index contributed by atoms with van der Waals surface area (Å²) < 4.78 is 39.1. The highest BCUT2D eigenvalue weighted by Gasteiger charge is 2.33. The van der Waals surface area contributed by atoms with Gasteiger partial charge in [-0.2, -0.15) is 0 Å². The zero-order valence-electron chi connectivity index (χ0n) is 23.4. The van der Waals surface area contributed by atoms with Gasteiger partial charge < -0.3 is 19.7 Å². The predicted molar refractivity (Wildman–Crippen MR) is 152 cm³/mol. The summed E-state index contributed by atoms with van der Waals surface area (Å²) in [7, 11) is -0.0699.